The molecule has 0 aliphatic heterocycles. The fourth-order valence-electron chi connectivity index (χ4n) is 5.36. The average molecular weight is 519 g/mol. The lowest BCUT2D eigenvalue weighted by atomic mass is 9.81. The number of amides is 1. The summed E-state index contributed by atoms with van der Waals surface area (Å²) in [5.74, 6) is 1.14. The van der Waals surface area contributed by atoms with Crippen LogP contribution in [0, 0.1) is 18.8 Å². The van der Waals surface area contributed by atoms with Gasteiger partial charge in [0.15, 0.2) is 4.80 Å². The number of nitrogens with zero attached hydrogens (tertiary/aromatic N) is 2. The molecule has 198 valence electrons. The van der Waals surface area contributed by atoms with Crippen LogP contribution in [-0.2, 0) is 16.6 Å². The molecule has 1 amide bonds. The van der Waals surface area contributed by atoms with E-state index in [9.17, 15) is 4.79 Å². The normalized spacial score (nSPS) is 19.5. The molecule has 1 fully saturated rings. The van der Waals surface area contributed by atoms with E-state index in [2.05, 4.69) is 67.2 Å². The molecular weight excluding hydrogens is 476 g/mol. The van der Waals surface area contributed by atoms with Crippen LogP contribution >= 0.6 is 11.3 Å². The molecule has 2 unspecified atom stereocenters. The van der Waals surface area contributed by atoms with Gasteiger partial charge in [0.2, 0.25) is 5.91 Å². The number of aryl methyl sites for hydroxylation is 1. The first-order valence-corrected chi connectivity index (χ1v) is 14.5. The first-order chi connectivity index (χ1) is 17.7. The molecule has 5 nitrogen and oxygen atoms in total. The molecule has 3 aromatic rings. The molecule has 1 aliphatic rings. The molecule has 0 bridgehead atoms. The van der Waals surface area contributed by atoms with E-state index in [0.29, 0.717) is 24.8 Å². The first kappa shape index (κ1) is 27.3. The van der Waals surface area contributed by atoms with Crippen LogP contribution in [0.25, 0.3) is 0 Å². The number of nitrogens with two attached hydrogens (primary N) is 1. The van der Waals surface area contributed by atoms with Gasteiger partial charge in [0.05, 0.1) is 5.69 Å². The Labute approximate surface area is 225 Å². The van der Waals surface area contributed by atoms with Crippen molar-refractivity contribution in [3.8, 4) is 0 Å². The van der Waals surface area contributed by atoms with E-state index >= 15 is 0 Å². The predicted molar refractivity (Wildman–Crippen MR) is 154 cm³/mol. The Bertz CT molecular complexity index is 1240. The van der Waals surface area contributed by atoms with E-state index in [4.69, 9.17) is 10.7 Å². The summed E-state index contributed by atoms with van der Waals surface area (Å²) in [6, 6.07) is 18.1. The van der Waals surface area contributed by atoms with Crippen LogP contribution in [0.1, 0.15) is 69.3 Å². The Balaban J connectivity index is 1.72. The van der Waals surface area contributed by atoms with Crippen LogP contribution < -0.4 is 15.9 Å². The van der Waals surface area contributed by atoms with E-state index in [0.717, 1.165) is 41.1 Å². The topological polar surface area (TPSA) is 72.4 Å². The third-order valence-electron chi connectivity index (χ3n) is 7.41. The maximum absolute atomic E-state index is 14.0. The van der Waals surface area contributed by atoms with Gasteiger partial charge in [0, 0.05) is 29.5 Å². The number of nitrogens with one attached hydrogen (secondary N) is 1. The van der Waals surface area contributed by atoms with Crippen molar-refractivity contribution in [2.24, 2.45) is 22.6 Å². The molecule has 1 aliphatic carbocycles. The van der Waals surface area contributed by atoms with Gasteiger partial charge in [-0.1, -0.05) is 69.7 Å². The van der Waals surface area contributed by atoms with Crippen molar-refractivity contribution in [2.45, 2.75) is 71.3 Å². The Morgan fingerprint density at radius 1 is 1.14 bits per heavy atom. The van der Waals surface area contributed by atoms with Crippen molar-refractivity contribution in [2.75, 3.05) is 13.1 Å². The van der Waals surface area contributed by atoms with E-state index in [1.807, 2.05) is 30.3 Å². The molecule has 2 aromatic carbocycles. The molecule has 3 N–H and O–H groups in total. The predicted octanol–water partition coefficient (Wildman–Crippen LogP) is 6.05. The van der Waals surface area contributed by atoms with Gasteiger partial charge in [0.25, 0.3) is 0 Å². The van der Waals surface area contributed by atoms with Gasteiger partial charge in [-0.15, -0.1) is 11.3 Å². The Morgan fingerprint density at radius 3 is 2.59 bits per heavy atom. The zero-order chi connectivity index (χ0) is 26.4. The highest BCUT2D eigenvalue weighted by Gasteiger charge is 2.30. The molecule has 0 radical (unpaired) electrons. The smallest absolute Gasteiger partial charge is 0.243 e. The number of aromatic nitrogens is 1. The lowest BCUT2D eigenvalue weighted by Crippen LogP contribution is -2.42. The highest BCUT2D eigenvalue weighted by molar-refractivity contribution is 7.07. The lowest BCUT2D eigenvalue weighted by molar-refractivity contribution is -0.124. The van der Waals surface area contributed by atoms with Gasteiger partial charge in [-0.05, 0) is 67.8 Å². The maximum atomic E-state index is 14.0. The third kappa shape index (κ3) is 7.20. The number of carbonyl (C=O) groups excluding carboxylic acids is 1. The number of hydrogen-bond donors (Lipinski definition) is 2. The molecule has 37 heavy (non-hydrogen) atoms. The quantitative estimate of drug-likeness (QED) is 0.381. The molecule has 4 rings (SSSR count). The standard InChI is InChI=1S/C31H42N4OS/c1-22-10-8-15-26(16-22)34-30-35(28(21-37-30)31(2,3)4)27(18-23-11-6-5-7-12-23)29(36)33-20-25-14-9-13-24(17-25)19-32/h5-8,10-12,15-16,21,24-25,27H,9,13-14,17-20,32H2,1-4H3,(H,33,36)/t24?,25?,27-/m1/s1. The van der Waals surface area contributed by atoms with Crippen molar-refractivity contribution in [1.82, 2.24) is 9.88 Å². The van der Waals surface area contributed by atoms with E-state index < -0.39 is 0 Å². The fraction of sp³-hybridized carbons (Fsp3) is 0.484. The summed E-state index contributed by atoms with van der Waals surface area (Å²) in [5, 5.41) is 5.52. The minimum atomic E-state index is -0.389. The summed E-state index contributed by atoms with van der Waals surface area (Å²) < 4.78 is 2.19. The summed E-state index contributed by atoms with van der Waals surface area (Å²) in [6.07, 6.45) is 5.29. The monoisotopic (exact) mass is 518 g/mol. The van der Waals surface area contributed by atoms with Gasteiger partial charge >= 0.3 is 0 Å². The highest BCUT2D eigenvalue weighted by atomic mass is 32.1. The number of carbonyl (C=O) groups is 1. The summed E-state index contributed by atoms with van der Waals surface area (Å²) in [6.45, 7) is 10.1. The first-order valence-electron chi connectivity index (χ1n) is 13.6. The molecule has 6 heteroatoms. The Hall–Kier alpha value is -2.70. The molecule has 3 atom stereocenters. The third-order valence-corrected chi connectivity index (χ3v) is 8.25. The van der Waals surface area contributed by atoms with Gasteiger partial charge in [0.1, 0.15) is 6.04 Å². The molecule has 0 spiro atoms. The second-order valence-electron chi connectivity index (χ2n) is 11.6. The van der Waals surface area contributed by atoms with Gasteiger partial charge in [-0.2, -0.15) is 0 Å². The number of benzene rings is 2. The average Bonchev–Trinajstić information content (AvgIpc) is 3.30. The Kier molecular flexibility index (Phi) is 9.04. The summed E-state index contributed by atoms with van der Waals surface area (Å²) in [4.78, 5) is 19.9. The van der Waals surface area contributed by atoms with Crippen molar-refractivity contribution >= 4 is 22.9 Å². The van der Waals surface area contributed by atoms with Crippen LogP contribution in [0.3, 0.4) is 0 Å². The van der Waals surface area contributed by atoms with E-state index in [1.54, 1.807) is 11.3 Å². The second-order valence-corrected chi connectivity index (χ2v) is 12.4. The number of thiazole rings is 1. The zero-order valence-corrected chi connectivity index (χ0v) is 23.6. The van der Waals surface area contributed by atoms with Gasteiger partial charge in [-0.25, -0.2) is 4.99 Å². The van der Waals surface area contributed by atoms with Crippen LogP contribution in [0.2, 0.25) is 0 Å². The molecule has 0 saturated heterocycles. The maximum Gasteiger partial charge on any atom is 0.243 e. The van der Waals surface area contributed by atoms with Crippen molar-refractivity contribution in [1.29, 1.82) is 0 Å². The summed E-state index contributed by atoms with van der Waals surface area (Å²) in [5.41, 5.74) is 10.2. The van der Waals surface area contributed by atoms with Crippen LogP contribution in [0.5, 0.6) is 0 Å². The summed E-state index contributed by atoms with van der Waals surface area (Å²) >= 11 is 1.61. The number of rotatable bonds is 8. The lowest BCUT2D eigenvalue weighted by Gasteiger charge is -2.30. The van der Waals surface area contributed by atoms with Crippen molar-refractivity contribution in [3.05, 3.63) is 81.6 Å². The molecule has 1 aromatic heterocycles. The molecular formula is C31H42N4OS. The SMILES string of the molecule is Cc1cccc(N=c2scc(C(C)(C)C)n2[C@H](Cc2ccccc2)C(=O)NCC2CCCC(CN)C2)c1. The van der Waals surface area contributed by atoms with Crippen LogP contribution in [0.15, 0.2) is 65.0 Å². The van der Waals surface area contributed by atoms with E-state index in [-0.39, 0.29) is 17.4 Å². The fourth-order valence-corrected chi connectivity index (χ4v) is 6.54. The van der Waals surface area contributed by atoms with Crippen molar-refractivity contribution in [3.63, 3.8) is 0 Å². The van der Waals surface area contributed by atoms with E-state index in [1.165, 1.54) is 18.4 Å². The summed E-state index contributed by atoms with van der Waals surface area (Å²) in [7, 11) is 0. The minimum absolute atomic E-state index is 0.0633. The van der Waals surface area contributed by atoms with Gasteiger partial charge in [-0.3, -0.25) is 4.79 Å². The molecule has 1 heterocycles. The van der Waals surface area contributed by atoms with Crippen molar-refractivity contribution < 1.29 is 4.79 Å². The minimum Gasteiger partial charge on any atom is -0.354 e. The molecule has 1 saturated carbocycles. The largest absolute Gasteiger partial charge is 0.354 e. The zero-order valence-electron chi connectivity index (χ0n) is 22.7. The number of hydrogen-bond acceptors (Lipinski definition) is 4. The van der Waals surface area contributed by atoms with Gasteiger partial charge < -0.3 is 15.6 Å². The van der Waals surface area contributed by atoms with Crippen LogP contribution in [0.4, 0.5) is 5.69 Å². The second kappa shape index (κ2) is 12.2. The highest BCUT2D eigenvalue weighted by Crippen LogP contribution is 2.30. The van der Waals surface area contributed by atoms with Crippen LogP contribution in [-0.4, -0.2) is 23.6 Å². The Morgan fingerprint density at radius 2 is 1.89 bits per heavy atom.